The van der Waals surface area contributed by atoms with Crippen molar-refractivity contribution >= 4 is 41.0 Å². The SMILES string of the molecule is Cc1cccc(NC(=O)N[C@@H]2CSc3ccccc3N(CC(=O)N3CCCC(C)(C)C3)C2=O)c1. The average molecular weight is 481 g/mol. The molecule has 4 rings (SSSR count). The second kappa shape index (κ2) is 10.1. The van der Waals surface area contributed by atoms with E-state index in [9.17, 15) is 14.4 Å². The molecule has 0 aromatic heterocycles. The van der Waals surface area contributed by atoms with Gasteiger partial charge in [-0.3, -0.25) is 9.59 Å². The van der Waals surface area contributed by atoms with Gasteiger partial charge in [0.25, 0.3) is 5.91 Å². The van der Waals surface area contributed by atoms with E-state index in [4.69, 9.17) is 0 Å². The molecule has 0 saturated carbocycles. The van der Waals surface area contributed by atoms with Gasteiger partial charge in [-0.15, -0.1) is 11.8 Å². The van der Waals surface area contributed by atoms with Crippen LogP contribution >= 0.6 is 11.8 Å². The summed E-state index contributed by atoms with van der Waals surface area (Å²) >= 11 is 1.51. The van der Waals surface area contributed by atoms with Crippen LogP contribution in [0.1, 0.15) is 32.3 Å². The number of urea groups is 1. The number of carbonyl (C=O) groups excluding carboxylic acids is 3. The smallest absolute Gasteiger partial charge is 0.319 e. The van der Waals surface area contributed by atoms with Crippen LogP contribution in [0.4, 0.5) is 16.2 Å². The average Bonchev–Trinajstić information content (AvgIpc) is 2.91. The van der Waals surface area contributed by atoms with Gasteiger partial charge in [-0.1, -0.05) is 38.1 Å². The summed E-state index contributed by atoms with van der Waals surface area (Å²) in [6.07, 6.45) is 2.05. The molecule has 34 heavy (non-hydrogen) atoms. The van der Waals surface area contributed by atoms with Gasteiger partial charge in [0, 0.05) is 29.4 Å². The van der Waals surface area contributed by atoms with E-state index in [2.05, 4.69) is 24.5 Å². The van der Waals surface area contributed by atoms with Crippen LogP contribution < -0.4 is 15.5 Å². The second-order valence-corrected chi connectivity index (χ2v) is 10.9. The number of likely N-dealkylation sites (tertiary alicyclic amines) is 1. The molecule has 0 radical (unpaired) electrons. The highest BCUT2D eigenvalue weighted by Gasteiger charge is 2.35. The Morgan fingerprint density at radius 1 is 1.15 bits per heavy atom. The molecule has 1 atom stereocenters. The van der Waals surface area contributed by atoms with E-state index in [0.717, 1.165) is 23.3 Å². The molecule has 0 bridgehead atoms. The Kier molecular flexibility index (Phi) is 7.16. The van der Waals surface area contributed by atoms with Crippen molar-refractivity contribution in [2.45, 2.75) is 44.6 Å². The Bertz CT molecular complexity index is 1090. The van der Waals surface area contributed by atoms with Gasteiger partial charge in [-0.25, -0.2) is 4.79 Å². The molecule has 2 aliphatic rings. The van der Waals surface area contributed by atoms with E-state index in [1.165, 1.54) is 16.7 Å². The van der Waals surface area contributed by atoms with E-state index >= 15 is 0 Å². The van der Waals surface area contributed by atoms with Gasteiger partial charge in [-0.05, 0) is 55.0 Å². The third-order valence-corrected chi connectivity index (χ3v) is 7.41. The number of benzene rings is 2. The molecule has 0 unspecified atom stereocenters. The Balaban J connectivity index is 1.51. The van der Waals surface area contributed by atoms with Crippen LogP contribution in [0.3, 0.4) is 0 Å². The molecule has 180 valence electrons. The summed E-state index contributed by atoms with van der Waals surface area (Å²) in [5.74, 6) is 0.0469. The van der Waals surface area contributed by atoms with Crippen molar-refractivity contribution in [3.8, 4) is 0 Å². The summed E-state index contributed by atoms with van der Waals surface area (Å²) in [4.78, 5) is 43.9. The number of carbonyl (C=O) groups is 3. The van der Waals surface area contributed by atoms with Crippen molar-refractivity contribution < 1.29 is 14.4 Å². The van der Waals surface area contributed by atoms with Crippen molar-refractivity contribution in [2.24, 2.45) is 5.41 Å². The highest BCUT2D eigenvalue weighted by Crippen LogP contribution is 2.35. The largest absolute Gasteiger partial charge is 0.341 e. The maximum Gasteiger partial charge on any atom is 0.319 e. The first-order valence-electron chi connectivity index (χ1n) is 11.7. The molecule has 1 fully saturated rings. The molecular formula is C26H32N4O3S. The van der Waals surface area contributed by atoms with Crippen LogP contribution in [0, 0.1) is 12.3 Å². The number of aryl methyl sites for hydroxylation is 1. The van der Waals surface area contributed by atoms with Gasteiger partial charge in [0.2, 0.25) is 5.91 Å². The van der Waals surface area contributed by atoms with Crippen molar-refractivity contribution in [3.05, 3.63) is 54.1 Å². The molecule has 7 nitrogen and oxygen atoms in total. The summed E-state index contributed by atoms with van der Waals surface area (Å²) in [7, 11) is 0. The topological polar surface area (TPSA) is 81.8 Å². The maximum absolute atomic E-state index is 13.6. The van der Waals surface area contributed by atoms with Gasteiger partial charge < -0.3 is 20.4 Å². The molecule has 2 aromatic rings. The normalized spacial score (nSPS) is 19.7. The van der Waals surface area contributed by atoms with Gasteiger partial charge in [0.1, 0.15) is 12.6 Å². The molecule has 0 spiro atoms. The zero-order valence-corrected chi connectivity index (χ0v) is 20.8. The molecular weight excluding hydrogens is 448 g/mol. The number of piperidine rings is 1. The van der Waals surface area contributed by atoms with Crippen LogP contribution in [0.15, 0.2) is 53.4 Å². The summed E-state index contributed by atoms with van der Waals surface area (Å²) in [6.45, 7) is 7.64. The highest BCUT2D eigenvalue weighted by molar-refractivity contribution is 7.99. The quantitative estimate of drug-likeness (QED) is 0.685. The molecule has 2 N–H and O–H groups in total. The van der Waals surface area contributed by atoms with E-state index < -0.39 is 12.1 Å². The summed E-state index contributed by atoms with van der Waals surface area (Å²) < 4.78 is 0. The number of anilines is 2. The first-order chi connectivity index (χ1) is 16.2. The van der Waals surface area contributed by atoms with Crippen LogP contribution in [0.25, 0.3) is 0 Å². The van der Waals surface area contributed by atoms with Crippen molar-refractivity contribution in [2.75, 3.05) is 35.6 Å². The Labute approximate surface area is 205 Å². The number of nitrogens with zero attached hydrogens (tertiary/aromatic N) is 2. The lowest BCUT2D eigenvalue weighted by molar-refractivity contribution is -0.134. The fourth-order valence-corrected chi connectivity index (χ4v) is 5.61. The second-order valence-electron chi connectivity index (χ2n) is 9.81. The van der Waals surface area contributed by atoms with Gasteiger partial charge in [-0.2, -0.15) is 0 Å². The molecule has 1 saturated heterocycles. The lowest BCUT2D eigenvalue weighted by Gasteiger charge is -2.39. The van der Waals surface area contributed by atoms with Crippen molar-refractivity contribution in [1.82, 2.24) is 10.2 Å². The molecule has 2 aliphatic heterocycles. The Morgan fingerprint density at radius 2 is 1.94 bits per heavy atom. The fraction of sp³-hybridized carbons (Fsp3) is 0.423. The van der Waals surface area contributed by atoms with E-state index in [1.54, 1.807) is 6.07 Å². The van der Waals surface area contributed by atoms with Crippen molar-refractivity contribution in [3.63, 3.8) is 0 Å². The van der Waals surface area contributed by atoms with Crippen LogP contribution in [-0.2, 0) is 9.59 Å². The van der Waals surface area contributed by atoms with Gasteiger partial charge in [0.05, 0.1) is 5.69 Å². The molecule has 4 amide bonds. The third-order valence-electron chi connectivity index (χ3n) is 6.25. The first-order valence-corrected chi connectivity index (χ1v) is 12.7. The number of hydrogen-bond acceptors (Lipinski definition) is 4. The minimum absolute atomic E-state index is 0.0375. The summed E-state index contributed by atoms with van der Waals surface area (Å²) in [6, 6.07) is 13.9. The van der Waals surface area contributed by atoms with Crippen LogP contribution in [0.5, 0.6) is 0 Å². The molecule has 2 aromatic carbocycles. The third kappa shape index (κ3) is 5.73. The molecule has 0 aliphatic carbocycles. The number of rotatable bonds is 4. The predicted octanol–water partition coefficient (Wildman–Crippen LogP) is 4.27. The Hall–Kier alpha value is -3.00. The fourth-order valence-electron chi connectivity index (χ4n) is 4.54. The highest BCUT2D eigenvalue weighted by atomic mass is 32.2. The number of para-hydroxylation sites is 1. The summed E-state index contributed by atoms with van der Waals surface area (Å²) in [5.41, 5.74) is 2.47. The predicted molar refractivity (Wildman–Crippen MR) is 136 cm³/mol. The molecule has 8 heteroatoms. The number of hydrogen-bond donors (Lipinski definition) is 2. The lowest BCUT2D eigenvalue weighted by Crippen LogP contribution is -2.54. The van der Waals surface area contributed by atoms with Gasteiger partial charge in [0.15, 0.2) is 0 Å². The van der Waals surface area contributed by atoms with Crippen LogP contribution in [0.2, 0.25) is 0 Å². The molecule has 2 heterocycles. The minimum atomic E-state index is -0.757. The number of thioether (sulfide) groups is 1. The maximum atomic E-state index is 13.6. The lowest BCUT2D eigenvalue weighted by atomic mass is 9.84. The number of amides is 4. The van der Waals surface area contributed by atoms with Crippen molar-refractivity contribution in [1.29, 1.82) is 0 Å². The Morgan fingerprint density at radius 3 is 2.71 bits per heavy atom. The van der Waals surface area contributed by atoms with E-state index in [0.29, 0.717) is 30.2 Å². The monoisotopic (exact) mass is 480 g/mol. The number of fused-ring (bicyclic) bond motifs is 1. The number of nitrogens with one attached hydrogen (secondary N) is 2. The minimum Gasteiger partial charge on any atom is -0.341 e. The van der Waals surface area contributed by atoms with E-state index in [-0.39, 0.29) is 23.8 Å². The zero-order chi connectivity index (χ0) is 24.3. The van der Waals surface area contributed by atoms with Gasteiger partial charge >= 0.3 is 6.03 Å². The standard InChI is InChI=1S/C26H32N4O3S/c1-18-8-6-9-19(14-18)27-25(33)28-20-16-34-22-11-5-4-10-21(22)30(24(20)32)15-23(31)29-13-7-12-26(2,3)17-29/h4-6,8-11,14,20H,7,12-13,15-17H2,1-3H3,(H2,27,28,33)/t20-/m1/s1. The van der Waals surface area contributed by atoms with E-state index in [1.807, 2.05) is 54.3 Å². The zero-order valence-electron chi connectivity index (χ0n) is 20.0. The summed E-state index contributed by atoms with van der Waals surface area (Å²) in [5, 5.41) is 5.62. The van der Waals surface area contributed by atoms with Crippen LogP contribution in [-0.4, -0.2) is 54.2 Å². The first kappa shape index (κ1) is 24.1.